The van der Waals surface area contributed by atoms with Gasteiger partial charge in [0.15, 0.2) is 5.69 Å². The summed E-state index contributed by atoms with van der Waals surface area (Å²) in [5, 5.41) is 15.5. The van der Waals surface area contributed by atoms with Gasteiger partial charge in [-0.1, -0.05) is 12.1 Å². The van der Waals surface area contributed by atoms with Crippen LogP contribution >= 0.6 is 0 Å². The first kappa shape index (κ1) is 14.6. The van der Waals surface area contributed by atoms with Gasteiger partial charge in [0.25, 0.3) is 5.91 Å². The van der Waals surface area contributed by atoms with E-state index in [0.29, 0.717) is 0 Å². The van der Waals surface area contributed by atoms with Crippen LogP contribution in [-0.2, 0) is 13.6 Å². The Balaban J connectivity index is 2.06. The number of carboxylic acids is 1. The molecule has 1 amide bonds. The van der Waals surface area contributed by atoms with Crippen molar-refractivity contribution in [3.05, 3.63) is 47.3 Å². The van der Waals surface area contributed by atoms with Crippen LogP contribution in [0.4, 0.5) is 0 Å². The molecule has 21 heavy (non-hydrogen) atoms. The number of rotatable bonds is 5. The minimum absolute atomic E-state index is 0.0986. The van der Waals surface area contributed by atoms with Crippen molar-refractivity contribution in [2.24, 2.45) is 7.05 Å². The second kappa shape index (κ2) is 6.08. The predicted molar refractivity (Wildman–Crippen MR) is 74.3 cm³/mol. The van der Waals surface area contributed by atoms with Gasteiger partial charge in [-0.15, -0.1) is 0 Å². The molecule has 0 atom stereocenters. The molecule has 0 aliphatic rings. The molecule has 2 rings (SSSR count). The molecule has 0 aliphatic heterocycles. The number of nitrogens with zero attached hydrogens (tertiary/aromatic N) is 2. The lowest BCUT2D eigenvalue weighted by molar-refractivity contribution is 0.0691. The third-order valence-corrected chi connectivity index (χ3v) is 2.89. The van der Waals surface area contributed by atoms with Crippen LogP contribution in [0.2, 0.25) is 0 Å². The summed E-state index contributed by atoms with van der Waals surface area (Å²) in [5.74, 6) is -0.982. The summed E-state index contributed by atoms with van der Waals surface area (Å²) in [6.07, 6.45) is 1.30. The van der Waals surface area contributed by atoms with E-state index in [2.05, 4.69) is 10.4 Å². The average molecular weight is 289 g/mol. The summed E-state index contributed by atoms with van der Waals surface area (Å²) in [6, 6.07) is 7.20. The maximum Gasteiger partial charge on any atom is 0.339 e. The number of aromatic nitrogens is 2. The third-order valence-electron chi connectivity index (χ3n) is 2.89. The Labute approximate surface area is 121 Å². The van der Waals surface area contributed by atoms with Crippen LogP contribution in [0.5, 0.6) is 5.75 Å². The fourth-order valence-electron chi connectivity index (χ4n) is 1.82. The fraction of sp³-hybridized carbons (Fsp3) is 0.214. The molecular formula is C14H15N3O4. The lowest BCUT2D eigenvalue weighted by atomic mass is 10.2. The van der Waals surface area contributed by atoms with E-state index in [-0.39, 0.29) is 17.8 Å². The van der Waals surface area contributed by atoms with Crippen LogP contribution in [0.3, 0.4) is 0 Å². The first-order valence-corrected chi connectivity index (χ1v) is 6.19. The van der Waals surface area contributed by atoms with Crippen LogP contribution < -0.4 is 10.1 Å². The number of hydrogen-bond donors (Lipinski definition) is 2. The largest absolute Gasteiger partial charge is 0.497 e. The highest BCUT2D eigenvalue weighted by Crippen LogP contribution is 2.11. The van der Waals surface area contributed by atoms with Gasteiger partial charge in [0, 0.05) is 19.8 Å². The van der Waals surface area contributed by atoms with Gasteiger partial charge in [0.2, 0.25) is 0 Å². The van der Waals surface area contributed by atoms with Crippen LogP contribution in [-0.4, -0.2) is 33.9 Å². The molecule has 0 unspecified atom stereocenters. The molecule has 0 bridgehead atoms. The first-order chi connectivity index (χ1) is 10.0. The summed E-state index contributed by atoms with van der Waals surface area (Å²) in [4.78, 5) is 23.0. The van der Waals surface area contributed by atoms with Gasteiger partial charge in [-0.25, -0.2) is 4.79 Å². The Bertz CT molecular complexity index is 661. The molecule has 1 aromatic heterocycles. The highest BCUT2D eigenvalue weighted by atomic mass is 16.5. The smallest absolute Gasteiger partial charge is 0.339 e. The number of benzene rings is 1. The van der Waals surface area contributed by atoms with Crippen LogP contribution in [0.15, 0.2) is 30.5 Å². The SMILES string of the molecule is COc1ccc(CNC(=O)c2nn(C)cc2C(=O)O)cc1. The molecule has 1 aromatic carbocycles. The number of aryl methyl sites for hydroxylation is 1. The Morgan fingerprint density at radius 2 is 2.00 bits per heavy atom. The topological polar surface area (TPSA) is 93.5 Å². The Morgan fingerprint density at radius 1 is 1.33 bits per heavy atom. The Kier molecular flexibility index (Phi) is 4.22. The third kappa shape index (κ3) is 3.38. The number of nitrogens with one attached hydrogen (secondary N) is 1. The van der Waals surface area contributed by atoms with Gasteiger partial charge in [-0.05, 0) is 17.7 Å². The number of ether oxygens (including phenoxy) is 1. The monoisotopic (exact) mass is 289 g/mol. The number of hydrogen-bond acceptors (Lipinski definition) is 4. The second-order valence-corrected chi connectivity index (χ2v) is 4.40. The van der Waals surface area contributed by atoms with Gasteiger partial charge in [-0.2, -0.15) is 5.10 Å². The van der Waals surface area contributed by atoms with E-state index < -0.39 is 11.9 Å². The fourth-order valence-corrected chi connectivity index (χ4v) is 1.82. The quantitative estimate of drug-likeness (QED) is 0.858. The van der Waals surface area contributed by atoms with E-state index in [1.807, 2.05) is 12.1 Å². The maximum atomic E-state index is 12.0. The van der Waals surface area contributed by atoms with E-state index in [9.17, 15) is 9.59 Å². The molecular weight excluding hydrogens is 274 g/mol. The zero-order chi connectivity index (χ0) is 15.4. The van der Waals surface area contributed by atoms with Gasteiger partial charge in [0.05, 0.1) is 7.11 Å². The zero-order valence-electron chi connectivity index (χ0n) is 11.7. The summed E-state index contributed by atoms with van der Waals surface area (Å²) in [5.41, 5.74) is 0.653. The summed E-state index contributed by atoms with van der Waals surface area (Å²) in [6.45, 7) is 0.276. The summed E-state index contributed by atoms with van der Waals surface area (Å²) in [7, 11) is 3.14. The van der Waals surface area contributed by atoms with Crippen molar-refractivity contribution in [1.82, 2.24) is 15.1 Å². The Hall–Kier alpha value is -2.83. The van der Waals surface area contributed by atoms with Crippen molar-refractivity contribution in [3.63, 3.8) is 0 Å². The molecule has 0 aliphatic carbocycles. The molecule has 0 saturated heterocycles. The molecule has 7 nitrogen and oxygen atoms in total. The Morgan fingerprint density at radius 3 is 2.57 bits per heavy atom. The minimum Gasteiger partial charge on any atom is -0.497 e. The lowest BCUT2D eigenvalue weighted by Gasteiger charge is -2.05. The van der Waals surface area contributed by atoms with Gasteiger partial charge in [-0.3, -0.25) is 9.48 Å². The molecule has 110 valence electrons. The lowest BCUT2D eigenvalue weighted by Crippen LogP contribution is -2.25. The molecule has 0 saturated carbocycles. The standard InChI is InChI=1S/C14H15N3O4/c1-17-8-11(14(19)20)12(16-17)13(18)15-7-9-3-5-10(21-2)6-4-9/h3-6,8H,7H2,1-2H3,(H,15,18)(H,19,20). The zero-order valence-corrected chi connectivity index (χ0v) is 11.7. The molecule has 2 aromatic rings. The normalized spacial score (nSPS) is 10.2. The molecule has 1 heterocycles. The number of carboxylic acid groups (broad SMARTS) is 1. The van der Waals surface area contributed by atoms with E-state index in [4.69, 9.17) is 9.84 Å². The van der Waals surface area contributed by atoms with Crippen molar-refractivity contribution in [3.8, 4) is 5.75 Å². The van der Waals surface area contributed by atoms with Crippen molar-refractivity contribution < 1.29 is 19.4 Å². The number of carbonyl (C=O) groups is 2. The second-order valence-electron chi connectivity index (χ2n) is 4.40. The van der Waals surface area contributed by atoms with Crippen LogP contribution in [0, 0.1) is 0 Å². The van der Waals surface area contributed by atoms with Crippen LogP contribution in [0.1, 0.15) is 26.4 Å². The van der Waals surface area contributed by atoms with E-state index >= 15 is 0 Å². The van der Waals surface area contributed by atoms with Crippen molar-refractivity contribution in [2.45, 2.75) is 6.54 Å². The highest BCUT2D eigenvalue weighted by molar-refractivity contribution is 6.03. The van der Waals surface area contributed by atoms with Crippen molar-refractivity contribution in [2.75, 3.05) is 7.11 Å². The van der Waals surface area contributed by atoms with E-state index in [1.165, 1.54) is 10.9 Å². The van der Waals surface area contributed by atoms with Crippen molar-refractivity contribution >= 4 is 11.9 Å². The van der Waals surface area contributed by atoms with Gasteiger partial charge in [0.1, 0.15) is 11.3 Å². The molecule has 0 fully saturated rings. The summed E-state index contributed by atoms with van der Waals surface area (Å²) < 4.78 is 6.34. The van der Waals surface area contributed by atoms with E-state index in [1.54, 1.807) is 26.3 Å². The van der Waals surface area contributed by atoms with Crippen LogP contribution in [0.25, 0.3) is 0 Å². The first-order valence-electron chi connectivity index (χ1n) is 6.19. The maximum absolute atomic E-state index is 12.0. The molecule has 0 spiro atoms. The predicted octanol–water partition coefficient (Wildman–Crippen LogP) is 1.06. The van der Waals surface area contributed by atoms with Gasteiger partial charge >= 0.3 is 5.97 Å². The highest BCUT2D eigenvalue weighted by Gasteiger charge is 2.20. The van der Waals surface area contributed by atoms with Crippen molar-refractivity contribution in [1.29, 1.82) is 0 Å². The average Bonchev–Trinajstić information content (AvgIpc) is 2.87. The number of methoxy groups -OCH3 is 1. The number of aromatic carboxylic acids is 1. The van der Waals surface area contributed by atoms with Gasteiger partial charge < -0.3 is 15.2 Å². The molecule has 7 heteroatoms. The van der Waals surface area contributed by atoms with E-state index in [0.717, 1.165) is 11.3 Å². The molecule has 2 N–H and O–H groups in total. The summed E-state index contributed by atoms with van der Waals surface area (Å²) >= 11 is 0. The number of carbonyl (C=O) groups excluding carboxylic acids is 1. The molecule has 0 radical (unpaired) electrons. The minimum atomic E-state index is -1.18. The number of amides is 1.